The Morgan fingerprint density at radius 1 is 1.33 bits per heavy atom. The molecule has 0 saturated carbocycles. The second kappa shape index (κ2) is 5.37. The molecule has 2 aromatic rings. The van der Waals surface area contributed by atoms with Crippen LogP contribution in [0.4, 0.5) is 0 Å². The molecule has 4 nitrogen and oxygen atoms in total. The number of aromatic nitrogens is 1. The zero-order valence-corrected chi connectivity index (χ0v) is 9.97. The fourth-order valence-electron chi connectivity index (χ4n) is 2.00. The number of unbranched alkanes of at least 4 members (excludes halogenated alkanes) is 2. The summed E-state index contributed by atoms with van der Waals surface area (Å²) < 4.78 is 2.04. The van der Waals surface area contributed by atoms with E-state index in [4.69, 9.17) is 10.4 Å². The third kappa shape index (κ3) is 2.51. The average molecular weight is 242 g/mol. The third-order valence-corrected chi connectivity index (χ3v) is 2.96. The van der Waals surface area contributed by atoms with Crippen molar-refractivity contribution < 1.29 is 9.90 Å². The molecule has 0 spiro atoms. The Kier molecular flexibility index (Phi) is 3.63. The molecule has 0 radical (unpaired) electrons. The maximum atomic E-state index is 10.9. The van der Waals surface area contributed by atoms with Crippen molar-refractivity contribution >= 4 is 16.9 Å². The van der Waals surface area contributed by atoms with Gasteiger partial charge in [-0.2, -0.15) is 5.26 Å². The highest BCUT2D eigenvalue weighted by Gasteiger charge is 2.06. The monoisotopic (exact) mass is 242 g/mol. The van der Waals surface area contributed by atoms with E-state index < -0.39 is 5.97 Å². The number of rotatable bonds is 5. The second-order valence-electron chi connectivity index (χ2n) is 4.20. The molecule has 0 aliphatic rings. The van der Waals surface area contributed by atoms with Crippen molar-refractivity contribution in [3.05, 3.63) is 36.0 Å². The summed E-state index contributed by atoms with van der Waals surface area (Å²) in [5.74, 6) is -0.908. The highest BCUT2D eigenvalue weighted by Crippen LogP contribution is 2.18. The topological polar surface area (TPSA) is 66.0 Å². The Bertz CT molecular complexity index is 608. The molecule has 4 heteroatoms. The van der Waals surface area contributed by atoms with Gasteiger partial charge in [0.1, 0.15) is 0 Å². The predicted molar refractivity (Wildman–Crippen MR) is 68.4 cm³/mol. The molecule has 0 aliphatic heterocycles. The lowest BCUT2D eigenvalue weighted by Gasteiger charge is -2.05. The quantitative estimate of drug-likeness (QED) is 0.819. The van der Waals surface area contributed by atoms with Gasteiger partial charge in [0.2, 0.25) is 0 Å². The van der Waals surface area contributed by atoms with Crippen molar-refractivity contribution in [2.24, 2.45) is 0 Å². The van der Waals surface area contributed by atoms with Gasteiger partial charge in [-0.1, -0.05) is 6.07 Å². The van der Waals surface area contributed by atoms with Crippen LogP contribution in [0.1, 0.15) is 29.6 Å². The molecule has 0 fully saturated rings. The van der Waals surface area contributed by atoms with Gasteiger partial charge in [0.05, 0.1) is 11.6 Å². The first-order chi connectivity index (χ1) is 8.72. The Hall–Kier alpha value is -2.28. The Balaban J connectivity index is 2.20. The molecular formula is C14H14N2O2. The average Bonchev–Trinajstić information content (AvgIpc) is 2.77. The van der Waals surface area contributed by atoms with Crippen molar-refractivity contribution in [3.8, 4) is 6.07 Å². The summed E-state index contributed by atoms with van der Waals surface area (Å²) in [5.41, 5.74) is 1.24. The Morgan fingerprint density at radius 2 is 2.17 bits per heavy atom. The lowest BCUT2D eigenvalue weighted by molar-refractivity contribution is 0.0697. The number of nitrogens with zero attached hydrogens (tertiary/aromatic N) is 2. The molecule has 1 aromatic heterocycles. The van der Waals surface area contributed by atoms with E-state index in [0.717, 1.165) is 30.3 Å². The number of aromatic carboxylic acids is 1. The first-order valence-corrected chi connectivity index (χ1v) is 5.91. The molecule has 1 heterocycles. The maximum absolute atomic E-state index is 10.9. The van der Waals surface area contributed by atoms with E-state index in [2.05, 4.69) is 6.07 Å². The molecule has 1 aromatic carbocycles. The number of carbonyl (C=O) groups is 1. The van der Waals surface area contributed by atoms with E-state index in [9.17, 15) is 4.79 Å². The van der Waals surface area contributed by atoms with Crippen LogP contribution in [0, 0.1) is 11.3 Å². The molecule has 1 N–H and O–H groups in total. The smallest absolute Gasteiger partial charge is 0.335 e. The first kappa shape index (κ1) is 12.2. The van der Waals surface area contributed by atoms with Gasteiger partial charge in [0.15, 0.2) is 0 Å². The number of nitriles is 1. The van der Waals surface area contributed by atoms with Crippen LogP contribution in [0.5, 0.6) is 0 Å². The van der Waals surface area contributed by atoms with E-state index in [1.807, 2.05) is 22.9 Å². The largest absolute Gasteiger partial charge is 0.478 e. The summed E-state index contributed by atoms with van der Waals surface area (Å²) in [4.78, 5) is 10.9. The summed E-state index contributed by atoms with van der Waals surface area (Å²) in [6.45, 7) is 0.814. The van der Waals surface area contributed by atoms with Crippen molar-refractivity contribution in [1.29, 1.82) is 5.26 Å². The van der Waals surface area contributed by atoms with Crippen LogP contribution in [0.3, 0.4) is 0 Å². The van der Waals surface area contributed by atoms with E-state index in [1.54, 1.807) is 12.1 Å². The summed E-state index contributed by atoms with van der Waals surface area (Å²) in [6, 6.07) is 9.24. The highest BCUT2D eigenvalue weighted by atomic mass is 16.4. The molecule has 0 unspecified atom stereocenters. The van der Waals surface area contributed by atoms with Crippen molar-refractivity contribution in [2.75, 3.05) is 0 Å². The van der Waals surface area contributed by atoms with Gasteiger partial charge in [0, 0.05) is 24.7 Å². The van der Waals surface area contributed by atoms with Crippen LogP contribution in [-0.4, -0.2) is 15.6 Å². The molecule has 0 bridgehead atoms. The van der Waals surface area contributed by atoms with Gasteiger partial charge in [-0.05, 0) is 36.4 Å². The van der Waals surface area contributed by atoms with Gasteiger partial charge in [0.25, 0.3) is 0 Å². The van der Waals surface area contributed by atoms with Crippen LogP contribution in [-0.2, 0) is 6.54 Å². The number of fused-ring (bicyclic) bond motifs is 1. The Labute approximate surface area is 105 Å². The molecule has 0 atom stereocenters. The lowest BCUT2D eigenvalue weighted by Crippen LogP contribution is -1.99. The van der Waals surface area contributed by atoms with Crippen LogP contribution in [0.15, 0.2) is 30.5 Å². The SMILES string of the molecule is N#CCCCCn1ccc2ccc(C(=O)O)cc21. The maximum Gasteiger partial charge on any atom is 0.335 e. The predicted octanol–water partition coefficient (Wildman–Crippen LogP) is 3.03. The summed E-state index contributed by atoms with van der Waals surface area (Å²) in [7, 11) is 0. The van der Waals surface area contributed by atoms with Gasteiger partial charge in [-0.25, -0.2) is 4.79 Å². The van der Waals surface area contributed by atoms with Crippen LogP contribution < -0.4 is 0 Å². The van der Waals surface area contributed by atoms with Crippen molar-refractivity contribution in [1.82, 2.24) is 4.57 Å². The second-order valence-corrected chi connectivity index (χ2v) is 4.20. The third-order valence-electron chi connectivity index (χ3n) is 2.96. The minimum Gasteiger partial charge on any atom is -0.478 e. The number of benzene rings is 1. The number of aryl methyl sites for hydroxylation is 1. The van der Waals surface area contributed by atoms with Crippen LogP contribution in [0.2, 0.25) is 0 Å². The lowest BCUT2D eigenvalue weighted by atomic mass is 10.1. The minimum absolute atomic E-state index is 0.305. The van der Waals surface area contributed by atoms with Crippen LogP contribution in [0.25, 0.3) is 10.9 Å². The summed E-state index contributed by atoms with van der Waals surface area (Å²) in [6.07, 6.45) is 4.33. The van der Waals surface area contributed by atoms with Crippen LogP contribution >= 0.6 is 0 Å². The van der Waals surface area contributed by atoms with E-state index in [-0.39, 0.29) is 0 Å². The number of hydrogen-bond donors (Lipinski definition) is 1. The fourth-order valence-corrected chi connectivity index (χ4v) is 2.00. The molecular weight excluding hydrogens is 228 g/mol. The van der Waals surface area contributed by atoms with Crippen molar-refractivity contribution in [3.63, 3.8) is 0 Å². The Morgan fingerprint density at radius 3 is 2.89 bits per heavy atom. The standard InChI is InChI=1S/C14H14N2O2/c15-7-2-1-3-8-16-9-6-11-4-5-12(14(17)18)10-13(11)16/h4-6,9-10H,1-3,8H2,(H,17,18). The van der Waals surface area contributed by atoms with E-state index >= 15 is 0 Å². The molecule has 0 amide bonds. The normalized spacial score (nSPS) is 10.4. The first-order valence-electron chi connectivity index (χ1n) is 5.91. The fraction of sp³-hybridized carbons (Fsp3) is 0.286. The molecule has 18 heavy (non-hydrogen) atoms. The van der Waals surface area contributed by atoms with Gasteiger partial charge < -0.3 is 9.67 Å². The molecule has 92 valence electrons. The zero-order valence-electron chi connectivity index (χ0n) is 9.97. The van der Waals surface area contributed by atoms with Gasteiger partial charge in [-0.15, -0.1) is 0 Å². The van der Waals surface area contributed by atoms with E-state index in [1.165, 1.54) is 0 Å². The van der Waals surface area contributed by atoms with E-state index in [0.29, 0.717) is 12.0 Å². The number of hydrogen-bond acceptors (Lipinski definition) is 2. The van der Waals surface area contributed by atoms with Crippen molar-refractivity contribution in [2.45, 2.75) is 25.8 Å². The van der Waals surface area contributed by atoms with Gasteiger partial charge >= 0.3 is 5.97 Å². The number of carboxylic acids is 1. The van der Waals surface area contributed by atoms with Gasteiger partial charge in [-0.3, -0.25) is 0 Å². The molecule has 0 aliphatic carbocycles. The highest BCUT2D eigenvalue weighted by molar-refractivity contribution is 5.93. The molecule has 0 saturated heterocycles. The minimum atomic E-state index is -0.908. The summed E-state index contributed by atoms with van der Waals surface area (Å²) >= 11 is 0. The molecule has 2 rings (SSSR count). The summed E-state index contributed by atoms with van der Waals surface area (Å²) in [5, 5.41) is 18.5. The zero-order chi connectivity index (χ0) is 13.0. The number of carboxylic acid groups (broad SMARTS) is 1.